The first-order chi connectivity index (χ1) is 12.1. The molecule has 1 aliphatic rings. The quantitative estimate of drug-likeness (QED) is 0.823. The second kappa shape index (κ2) is 7.40. The van der Waals surface area contributed by atoms with Gasteiger partial charge in [0.25, 0.3) is 0 Å². The third-order valence-corrected chi connectivity index (χ3v) is 3.89. The van der Waals surface area contributed by atoms with Crippen LogP contribution in [0.2, 0.25) is 5.02 Å². The number of benzene rings is 2. The van der Waals surface area contributed by atoms with E-state index in [9.17, 15) is 9.59 Å². The zero-order valence-electron chi connectivity index (χ0n) is 13.5. The molecule has 1 unspecified atom stereocenters. The van der Waals surface area contributed by atoms with Crippen LogP contribution in [0.3, 0.4) is 0 Å². The molecule has 1 heterocycles. The minimum atomic E-state index is -0.811. The summed E-state index contributed by atoms with van der Waals surface area (Å²) in [4.78, 5) is 24.8. The lowest BCUT2D eigenvalue weighted by Crippen LogP contribution is -2.16. The Labute approximate surface area is 150 Å². The Bertz CT molecular complexity index is 832. The highest BCUT2D eigenvalue weighted by molar-refractivity contribution is 6.30. The number of ether oxygens (including phenoxy) is 2. The maximum atomic E-state index is 12.5. The molecule has 0 amide bonds. The van der Waals surface area contributed by atoms with E-state index in [2.05, 4.69) is 5.32 Å². The Balaban J connectivity index is 2.03. The van der Waals surface area contributed by atoms with Gasteiger partial charge in [0.05, 0.1) is 6.61 Å². The molecule has 2 aromatic carbocycles. The molecule has 0 bridgehead atoms. The van der Waals surface area contributed by atoms with Crippen molar-refractivity contribution in [1.82, 2.24) is 0 Å². The Morgan fingerprint density at radius 2 is 1.96 bits per heavy atom. The number of carbonyl (C=O) groups excluding carboxylic acids is 2. The molecule has 0 spiro atoms. The molecule has 0 aromatic heterocycles. The average molecular weight is 358 g/mol. The van der Waals surface area contributed by atoms with E-state index in [-0.39, 0.29) is 17.9 Å². The van der Waals surface area contributed by atoms with Crippen molar-refractivity contribution in [3.63, 3.8) is 0 Å². The summed E-state index contributed by atoms with van der Waals surface area (Å²) in [6.07, 6.45) is -0.811. The number of nitrogens with one attached hydrogen (secondary N) is 1. The molecule has 3 rings (SSSR count). The fourth-order valence-electron chi connectivity index (χ4n) is 2.58. The van der Waals surface area contributed by atoms with Gasteiger partial charge in [-0.3, -0.25) is 0 Å². The van der Waals surface area contributed by atoms with Gasteiger partial charge < -0.3 is 14.8 Å². The fourth-order valence-corrected chi connectivity index (χ4v) is 2.77. The van der Waals surface area contributed by atoms with Crippen LogP contribution in [0.4, 0.5) is 5.69 Å². The predicted molar refractivity (Wildman–Crippen MR) is 94.0 cm³/mol. The van der Waals surface area contributed by atoms with Crippen LogP contribution in [0.25, 0.3) is 0 Å². The molecule has 6 heteroatoms. The molecule has 0 saturated carbocycles. The molecule has 0 saturated heterocycles. The van der Waals surface area contributed by atoms with E-state index >= 15 is 0 Å². The first kappa shape index (κ1) is 17.0. The van der Waals surface area contributed by atoms with Crippen LogP contribution in [0.15, 0.2) is 65.9 Å². The van der Waals surface area contributed by atoms with Gasteiger partial charge in [0.2, 0.25) is 0 Å². The van der Waals surface area contributed by atoms with Gasteiger partial charge in [-0.15, -0.1) is 0 Å². The molecular formula is C19H16ClNO4. The highest BCUT2D eigenvalue weighted by Gasteiger charge is 2.40. The van der Waals surface area contributed by atoms with Crippen molar-refractivity contribution in [1.29, 1.82) is 0 Å². The van der Waals surface area contributed by atoms with Gasteiger partial charge in [-0.25, -0.2) is 9.59 Å². The maximum Gasteiger partial charge on any atom is 0.356 e. The van der Waals surface area contributed by atoms with E-state index < -0.39 is 18.0 Å². The second-order valence-electron chi connectivity index (χ2n) is 5.34. The van der Waals surface area contributed by atoms with Crippen molar-refractivity contribution in [2.75, 3.05) is 11.9 Å². The standard InChI is InChI=1S/C19H16ClNO4/c1-2-24-18(22)15-16(21-14-10-6-9-13(20)11-14)19(23)25-17(15)12-7-4-3-5-8-12/h3-11,17,21H,2H2,1H3. The van der Waals surface area contributed by atoms with Gasteiger partial charge in [-0.05, 0) is 30.7 Å². The van der Waals surface area contributed by atoms with Crippen molar-refractivity contribution < 1.29 is 19.1 Å². The lowest BCUT2D eigenvalue weighted by molar-refractivity contribution is -0.142. The summed E-state index contributed by atoms with van der Waals surface area (Å²) in [5.74, 6) is -1.20. The zero-order chi connectivity index (χ0) is 17.8. The van der Waals surface area contributed by atoms with Crippen molar-refractivity contribution in [3.05, 3.63) is 76.5 Å². The van der Waals surface area contributed by atoms with Crippen molar-refractivity contribution in [2.24, 2.45) is 0 Å². The summed E-state index contributed by atoms with van der Waals surface area (Å²) in [6, 6.07) is 15.9. The molecule has 128 valence electrons. The lowest BCUT2D eigenvalue weighted by Gasteiger charge is -2.13. The van der Waals surface area contributed by atoms with Crippen LogP contribution in [0.1, 0.15) is 18.6 Å². The van der Waals surface area contributed by atoms with Crippen molar-refractivity contribution >= 4 is 29.2 Å². The second-order valence-corrected chi connectivity index (χ2v) is 5.78. The molecule has 0 radical (unpaired) electrons. The number of cyclic esters (lactones) is 1. The van der Waals surface area contributed by atoms with Crippen LogP contribution >= 0.6 is 11.6 Å². The van der Waals surface area contributed by atoms with Crippen molar-refractivity contribution in [3.8, 4) is 0 Å². The topological polar surface area (TPSA) is 64.6 Å². The van der Waals surface area contributed by atoms with E-state index in [0.29, 0.717) is 16.3 Å². The maximum absolute atomic E-state index is 12.5. The van der Waals surface area contributed by atoms with Gasteiger partial charge in [0.15, 0.2) is 6.10 Å². The minimum Gasteiger partial charge on any atom is -0.462 e. The SMILES string of the molecule is CCOC(=O)C1=C(Nc2cccc(Cl)c2)C(=O)OC1c1ccccc1. The van der Waals surface area contributed by atoms with E-state index in [1.807, 2.05) is 18.2 Å². The Hall–Kier alpha value is -2.79. The molecule has 1 atom stereocenters. The molecule has 0 aliphatic carbocycles. The Kier molecular flexibility index (Phi) is 5.05. The van der Waals surface area contributed by atoms with Crippen LogP contribution in [-0.4, -0.2) is 18.5 Å². The van der Waals surface area contributed by atoms with Gasteiger partial charge in [0, 0.05) is 10.7 Å². The fraction of sp³-hybridized carbons (Fsp3) is 0.158. The normalized spacial score (nSPS) is 16.6. The number of hydrogen-bond donors (Lipinski definition) is 1. The van der Waals surface area contributed by atoms with Crippen LogP contribution in [0.5, 0.6) is 0 Å². The summed E-state index contributed by atoms with van der Waals surface area (Å²) < 4.78 is 10.6. The van der Waals surface area contributed by atoms with E-state index in [1.165, 1.54) is 0 Å². The highest BCUT2D eigenvalue weighted by atomic mass is 35.5. The molecule has 1 aliphatic heterocycles. The summed E-state index contributed by atoms with van der Waals surface area (Å²) in [5.41, 5.74) is 1.49. The highest BCUT2D eigenvalue weighted by Crippen LogP contribution is 2.36. The Morgan fingerprint density at radius 1 is 1.20 bits per heavy atom. The van der Waals surface area contributed by atoms with Crippen LogP contribution < -0.4 is 5.32 Å². The molecular weight excluding hydrogens is 342 g/mol. The van der Waals surface area contributed by atoms with E-state index in [0.717, 1.165) is 0 Å². The number of esters is 2. The predicted octanol–water partition coefficient (Wildman–Crippen LogP) is 3.87. The van der Waals surface area contributed by atoms with Gasteiger partial charge >= 0.3 is 11.9 Å². The lowest BCUT2D eigenvalue weighted by atomic mass is 10.0. The number of rotatable bonds is 5. The first-order valence-electron chi connectivity index (χ1n) is 7.80. The van der Waals surface area contributed by atoms with Crippen LogP contribution in [-0.2, 0) is 19.1 Å². The number of halogens is 1. The third kappa shape index (κ3) is 3.67. The number of anilines is 1. The molecule has 1 N–H and O–H groups in total. The zero-order valence-corrected chi connectivity index (χ0v) is 14.2. The molecule has 0 fully saturated rings. The van der Waals surface area contributed by atoms with Gasteiger partial charge in [-0.1, -0.05) is 48.0 Å². The summed E-state index contributed by atoms with van der Waals surface area (Å²) in [5, 5.41) is 3.45. The molecule has 25 heavy (non-hydrogen) atoms. The first-order valence-corrected chi connectivity index (χ1v) is 8.17. The summed E-state index contributed by atoms with van der Waals surface area (Å²) in [7, 11) is 0. The van der Waals surface area contributed by atoms with Crippen LogP contribution in [0, 0.1) is 0 Å². The average Bonchev–Trinajstić information content (AvgIpc) is 2.93. The van der Waals surface area contributed by atoms with E-state index in [4.69, 9.17) is 21.1 Å². The van der Waals surface area contributed by atoms with Gasteiger partial charge in [0.1, 0.15) is 11.3 Å². The smallest absolute Gasteiger partial charge is 0.356 e. The monoisotopic (exact) mass is 357 g/mol. The largest absolute Gasteiger partial charge is 0.462 e. The number of carbonyl (C=O) groups is 2. The minimum absolute atomic E-state index is 0.0644. The molecule has 5 nitrogen and oxygen atoms in total. The molecule has 2 aromatic rings. The van der Waals surface area contributed by atoms with E-state index in [1.54, 1.807) is 43.3 Å². The summed E-state index contributed by atoms with van der Waals surface area (Å²) >= 11 is 5.98. The van der Waals surface area contributed by atoms with Crippen molar-refractivity contribution in [2.45, 2.75) is 13.0 Å². The third-order valence-electron chi connectivity index (χ3n) is 3.65. The number of hydrogen-bond acceptors (Lipinski definition) is 5. The van der Waals surface area contributed by atoms with Gasteiger partial charge in [-0.2, -0.15) is 0 Å². The Morgan fingerprint density at radius 3 is 2.64 bits per heavy atom. The summed E-state index contributed by atoms with van der Waals surface area (Å²) in [6.45, 7) is 1.90.